The van der Waals surface area contributed by atoms with Gasteiger partial charge in [0.15, 0.2) is 0 Å². The molecule has 0 rings (SSSR count). The van der Waals surface area contributed by atoms with Gasteiger partial charge in [0, 0.05) is 0 Å². The van der Waals surface area contributed by atoms with Gasteiger partial charge in [-0.3, -0.25) is 0 Å². The Labute approximate surface area is 176 Å². The second-order valence-electron chi connectivity index (χ2n) is 1.33. The predicted octanol–water partition coefficient (Wildman–Crippen LogP) is 9.59. The monoisotopic (exact) mass is 466 g/mol. The van der Waals surface area contributed by atoms with Crippen LogP contribution in [0.25, 0.3) is 0 Å². The molecule has 0 saturated carbocycles. The Balaban J connectivity index is -0.0000000245. The zero-order valence-electron chi connectivity index (χ0n) is 17.3. The minimum absolute atomic E-state index is 1.77. The maximum absolute atomic E-state index is 2.06. The third kappa shape index (κ3) is 234. The van der Waals surface area contributed by atoms with Crippen molar-refractivity contribution >= 4 is 86.4 Å². The maximum Gasteiger partial charge on any atom is -0.00793 e. The molecule has 0 amide bonds. The molecule has 0 saturated heterocycles. The molecule has 0 radical (unpaired) electrons. The van der Waals surface area contributed by atoms with Crippen LogP contribution in [0.5, 0.6) is 0 Å². The summed E-state index contributed by atoms with van der Waals surface area (Å²) in [7, 11) is 14.2. The summed E-state index contributed by atoms with van der Waals surface area (Å²) in [6.45, 7) is 12.0. The summed E-state index contributed by atoms with van der Waals surface area (Å²) in [6.07, 6.45) is 16.5. The van der Waals surface area contributed by atoms with E-state index in [-0.39, 0.29) is 0 Å². The molecule has 0 spiro atoms. The molecular formula is C14H42S8. The smallest absolute Gasteiger partial charge is 0.00793 e. The Kier molecular flexibility index (Phi) is 214. The molecule has 0 aliphatic heterocycles. The number of hydrogen-bond donors (Lipinski definition) is 0. The highest BCUT2D eigenvalue weighted by Gasteiger charge is 1.56. The number of rotatable bonds is 4. The van der Waals surface area contributed by atoms with Gasteiger partial charge in [-0.25, -0.2) is 0 Å². The lowest BCUT2D eigenvalue weighted by Crippen LogP contribution is -1.28. The summed E-state index contributed by atoms with van der Waals surface area (Å²) in [5, 5.41) is 0. The molecule has 146 valence electrons. The SMILES string of the molecule is CC.CC.CC.CSSC.CSSC.CSSC.CSSC. The molecule has 0 fully saturated rings. The van der Waals surface area contributed by atoms with E-state index in [0.717, 1.165) is 0 Å². The van der Waals surface area contributed by atoms with Crippen molar-refractivity contribution < 1.29 is 0 Å². The quantitative estimate of drug-likeness (QED) is 0.370. The fraction of sp³-hybridized carbons (Fsp3) is 1.00. The van der Waals surface area contributed by atoms with E-state index in [0.29, 0.717) is 0 Å². The first-order valence-corrected chi connectivity index (χ1v) is 18.8. The largest absolute Gasteiger partial charge is 0.0979 e. The fourth-order valence-electron chi connectivity index (χ4n) is 0. The molecule has 0 heterocycles. The van der Waals surface area contributed by atoms with Gasteiger partial charge in [0.2, 0.25) is 0 Å². The minimum atomic E-state index is 1.77. The van der Waals surface area contributed by atoms with Crippen molar-refractivity contribution in [3.8, 4) is 0 Å². The summed E-state index contributed by atoms with van der Waals surface area (Å²) in [6, 6.07) is 0. The third-order valence-electron chi connectivity index (χ3n) is 0.667. The maximum atomic E-state index is 2.06. The molecule has 0 aromatic heterocycles. The van der Waals surface area contributed by atoms with Gasteiger partial charge in [0.1, 0.15) is 0 Å². The van der Waals surface area contributed by atoms with E-state index in [2.05, 4.69) is 50.0 Å². The topological polar surface area (TPSA) is 0 Å². The highest BCUT2D eigenvalue weighted by molar-refractivity contribution is 8.77. The van der Waals surface area contributed by atoms with Crippen molar-refractivity contribution in [3.05, 3.63) is 0 Å². The average molecular weight is 467 g/mol. The van der Waals surface area contributed by atoms with Crippen LogP contribution >= 0.6 is 86.4 Å². The first-order valence-electron chi connectivity index (χ1n) is 6.93. The van der Waals surface area contributed by atoms with Crippen LogP contribution in [0.4, 0.5) is 0 Å². The molecule has 0 aliphatic carbocycles. The van der Waals surface area contributed by atoms with Gasteiger partial charge < -0.3 is 0 Å². The van der Waals surface area contributed by atoms with Gasteiger partial charge in [0.25, 0.3) is 0 Å². The summed E-state index contributed by atoms with van der Waals surface area (Å²) in [4.78, 5) is 0. The molecule has 0 aliphatic rings. The number of hydrogen-bond acceptors (Lipinski definition) is 8. The molecular weight excluding hydrogens is 425 g/mol. The van der Waals surface area contributed by atoms with Crippen molar-refractivity contribution in [2.24, 2.45) is 0 Å². The third-order valence-corrected chi connectivity index (χ3v) is 6.00. The lowest BCUT2D eigenvalue weighted by molar-refractivity contribution is 1.50. The van der Waals surface area contributed by atoms with Crippen molar-refractivity contribution in [1.29, 1.82) is 0 Å². The van der Waals surface area contributed by atoms with Crippen molar-refractivity contribution in [2.75, 3.05) is 50.0 Å². The summed E-state index contributed by atoms with van der Waals surface area (Å²) in [5.41, 5.74) is 0. The summed E-state index contributed by atoms with van der Waals surface area (Å²) in [5.74, 6) is 0. The highest BCUT2D eigenvalue weighted by Crippen LogP contribution is 2.10. The highest BCUT2D eigenvalue weighted by atomic mass is 33.1. The molecule has 0 aromatic carbocycles. The van der Waals surface area contributed by atoms with Gasteiger partial charge in [-0.1, -0.05) is 128 Å². The Hall–Kier alpha value is 2.80. The Morgan fingerprint density at radius 1 is 0.227 bits per heavy atom. The van der Waals surface area contributed by atoms with E-state index in [1.807, 2.05) is 41.5 Å². The van der Waals surface area contributed by atoms with E-state index >= 15 is 0 Å². The van der Waals surface area contributed by atoms with Crippen LogP contribution in [0.15, 0.2) is 0 Å². The van der Waals surface area contributed by atoms with Gasteiger partial charge >= 0.3 is 0 Å². The molecule has 0 atom stereocenters. The lowest BCUT2D eigenvalue weighted by atomic mass is 11.0. The normalized spacial score (nSPS) is 6.27. The average Bonchev–Trinajstić information content (AvgIpc) is 2.66. The van der Waals surface area contributed by atoms with E-state index in [4.69, 9.17) is 0 Å². The Morgan fingerprint density at radius 2 is 0.273 bits per heavy atom. The van der Waals surface area contributed by atoms with Crippen LogP contribution in [0, 0.1) is 0 Å². The lowest BCUT2D eigenvalue weighted by Gasteiger charge is -1.69. The van der Waals surface area contributed by atoms with Gasteiger partial charge in [-0.15, -0.1) is 0 Å². The van der Waals surface area contributed by atoms with Crippen LogP contribution in [0.3, 0.4) is 0 Å². The molecule has 0 aromatic rings. The first-order chi connectivity index (χ1) is 10.7. The van der Waals surface area contributed by atoms with E-state index in [1.165, 1.54) is 0 Å². The first kappa shape index (κ1) is 44.3. The molecule has 22 heavy (non-hydrogen) atoms. The van der Waals surface area contributed by atoms with Gasteiger partial charge in [-0.2, -0.15) is 0 Å². The van der Waals surface area contributed by atoms with Gasteiger partial charge in [-0.05, 0) is 50.0 Å². The molecule has 0 unspecified atom stereocenters. The Bertz CT molecular complexity index is 44.8. The molecule has 0 N–H and O–H groups in total. The van der Waals surface area contributed by atoms with Crippen LogP contribution in [-0.4, -0.2) is 50.0 Å². The predicted molar refractivity (Wildman–Crippen MR) is 142 cm³/mol. The molecule has 8 heteroatoms. The molecule has 0 bridgehead atoms. The minimum Gasteiger partial charge on any atom is -0.0979 e. The van der Waals surface area contributed by atoms with Gasteiger partial charge in [0.05, 0.1) is 0 Å². The van der Waals surface area contributed by atoms with Crippen LogP contribution < -0.4 is 0 Å². The van der Waals surface area contributed by atoms with E-state index in [1.54, 1.807) is 86.4 Å². The summed E-state index contributed by atoms with van der Waals surface area (Å²) >= 11 is 0. The summed E-state index contributed by atoms with van der Waals surface area (Å²) < 4.78 is 0. The van der Waals surface area contributed by atoms with E-state index < -0.39 is 0 Å². The van der Waals surface area contributed by atoms with Crippen molar-refractivity contribution in [2.45, 2.75) is 41.5 Å². The van der Waals surface area contributed by atoms with Crippen molar-refractivity contribution in [3.63, 3.8) is 0 Å². The standard InChI is InChI=1S/4C2H6S2.3C2H6/c4*1-3-4-2;3*1-2/h4*1-2H3;3*1-2H3. The van der Waals surface area contributed by atoms with Crippen LogP contribution in [-0.2, 0) is 0 Å². The van der Waals surface area contributed by atoms with E-state index in [9.17, 15) is 0 Å². The van der Waals surface area contributed by atoms with Crippen LogP contribution in [0.2, 0.25) is 0 Å². The second-order valence-corrected chi connectivity index (χ2v) is 12.0. The van der Waals surface area contributed by atoms with Crippen LogP contribution in [0.1, 0.15) is 41.5 Å². The second kappa shape index (κ2) is 106. The molecule has 0 nitrogen and oxygen atoms in total. The zero-order chi connectivity index (χ0) is 19.7. The Morgan fingerprint density at radius 3 is 0.273 bits per heavy atom. The fourth-order valence-corrected chi connectivity index (χ4v) is 0. The zero-order valence-corrected chi connectivity index (χ0v) is 23.8. The van der Waals surface area contributed by atoms with Crippen molar-refractivity contribution in [1.82, 2.24) is 0 Å².